The van der Waals surface area contributed by atoms with Crippen molar-refractivity contribution in [3.05, 3.63) is 51.2 Å². The molecule has 21 heavy (non-hydrogen) atoms. The van der Waals surface area contributed by atoms with Crippen LogP contribution in [0, 0.1) is 6.92 Å². The molecule has 0 radical (unpaired) electrons. The van der Waals surface area contributed by atoms with E-state index >= 15 is 0 Å². The molecule has 1 amide bonds. The van der Waals surface area contributed by atoms with Crippen molar-refractivity contribution in [2.75, 3.05) is 18.5 Å². The molecule has 1 unspecified atom stereocenters. The van der Waals surface area contributed by atoms with Gasteiger partial charge in [-0.3, -0.25) is 4.79 Å². The molecule has 3 nitrogen and oxygen atoms in total. The van der Waals surface area contributed by atoms with E-state index in [1.807, 2.05) is 7.05 Å². The fourth-order valence-corrected chi connectivity index (χ4v) is 3.94. The van der Waals surface area contributed by atoms with Crippen LogP contribution in [0.4, 0.5) is 5.69 Å². The minimum atomic E-state index is 0.175. The lowest BCUT2D eigenvalue weighted by Gasteiger charge is -2.19. The van der Waals surface area contributed by atoms with Crippen LogP contribution in [-0.4, -0.2) is 19.5 Å². The number of rotatable bonds is 4. The summed E-state index contributed by atoms with van der Waals surface area (Å²) in [6.07, 6.45) is 0.516. The first kappa shape index (κ1) is 14.3. The standard InChI is InChI=1S/C17H20N2OS/c1-4-18-16(17-11(2)7-8-21-17)12-5-6-14-13(9-12)10-15(20)19(14)3/h5-9,16,18H,4,10H2,1-3H3. The monoisotopic (exact) mass is 300 g/mol. The molecule has 1 aromatic heterocycles. The van der Waals surface area contributed by atoms with Gasteiger partial charge in [0.25, 0.3) is 0 Å². The summed E-state index contributed by atoms with van der Waals surface area (Å²) in [5, 5.41) is 5.71. The minimum absolute atomic E-state index is 0.175. The zero-order valence-corrected chi connectivity index (χ0v) is 13.5. The predicted molar refractivity (Wildman–Crippen MR) is 88.1 cm³/mol. The number of nitrogens with one attached hydrogen (secondary N) is 1. The molecule has 3 rings (SSSR count). The summed E-state index contributed by atoms with van der Waals surface area (Å²) in [4.78, 5) is 14.9. The van der Waals surface area contributed by atoms with Gasteiger partial charge in [-0.25, -0.2) is 0 Å². The second-order valence-electron chi connectivity index (χ2n) is 5.48. The van der Waals surface area contributed by atoms with Crippen LogP contribution in [0.25, 0.3) is 0 Å². The minimum Gasteiger partial charge on any atom is -0.315 e. The van der Waals surface area contributed by atoms with E-state index in [4.69, 9.17) is 0 Å². The van der Waals surface area contributed by atoms with Gasteiger partial charge in [0.2, 0.25) is 5.91 Å². The van der Waals surface area contributed by atoms with Gasteiger partial charge in [0.1, 0.15) is 0 Å². The van der Waals surface area contributed by atoms with Gasteiger partial charge in [-0.05, 0) is 47.7 Å². The Morgan fingerprint density at radius 3 is 2.86 bits per heavy atom. The third-order valence-electron chi connectivity index (χ3n) is 4.09. The number of aryl methyl sites for hydroxylation is 1. The van der Waals surface area contributed by atoms with E-state index in [9.17, 15) is 4.79 Å². The molecule has 0 saturated heterocycles. The first-order valence-electron chi connectivity index (χ1n) is 7.28. The highest BCUT2D eigenvalue weighted by Gasteiger charge is 2.25. The van der Waals surface area contributed by atoms with Crippen molar-refractivity contribution in [3.63, 3.8) is 0 Å². The number of anilines is 1. The Labute approximate surface area is 129 Å². The molecule has 2 heterocycles. The predicted octanol–water partition coefficient (Wildman–Crippen LogP) is 3.27. The molecule has 110 valence electrons. The van der Waals surface area contributed by atoms with Crippen molar-refractivity contribution in [1.82, 2.24) is 5.32 Å². The molecule has 0 fully saturated rings. The number of amides is 1. The number of carbonyl (C=O) groups is 1. The number of nitrogens with zero attached hydrogens (tertiary/aromatic N) is 1. The zero-order chi connectivity index (χ0) is 15.0. The highest BCUT2D eigenvalue weighted by atomic mass is 32.1. The normalized spacial score (nSPS) is 15.4. The lowest BCUT2D eigenvalue weighted by molar-refractivity contribution is -0.117. The Morgan fingerprint density at radius 2 is 2.19 bits per heavy atom. The second-order valence-corrected chi connectivity index (χ2v) is 6.42. The van der Waals surface area contributed by atoms with Gasteiger partial charge in [-0.15, -0.1) is 11.3 Å². The molecule has 0 saturated carbocycles. The molecule has 0 bridgehead atoms. The topological polar surface area (TPSA) is 32.3 Å². The van der Waals surface area contributed by atoms with E-state index in [1.165, 1.54) is 16.0 Å². The number of benzene rings is 1. The van der Waals surface area contributed by atoms with Gasteiger partial charge in [-0.2, -0.15) is 0 Å². The number of carbonyl (C=O) groups excluding carboxylic acids is 1. The molecule has 1 N–H and O–H groups in total. The highest BCUT2D eigenvalue weighted by Crippen LogP contribution is 2.34. The smallest absolute Gasteiger partial charge is 0.231 e. The van der Waals surface area contributed by atoms with Crippen molar-refractivity contribution in [2.45, 2.75) is 26.3 Å². The molecule has 2 aromatic rings. The van der Waals surface area contributed by atoms with Crippen molar-refractivity contribution in [2.24, 2.45) is 0 Å². The van der Waals surface area contributed by atoms with Crippen LogP contribution in [0.2, 0.25) is 0 Å². The number of hydrogen-bond acceptors (Lipinski definition) is 3. The fourth-order valence-electron chi connectivity index (χ4n) is 2.92. The van der Waals surface area contributed by atoms with Gasteiger partial charge in [0.05, 0.1) is 12.5 Å². The lowest BCUT2D eigenvalue weighted by atomic mass is 9.99. The zero-order valence-electron chi connectivity index (χ0n) is 12.6. The summed E-state index contributed by atoms with van der Waals surface area (Å²) < 4.78 is 0. The van der Waals surface area contributed by atoms with E-state index in [2.05, 4.69) is 48.8 Å². The van der Waals surface area contributed by atoms with E-state index in [0.717, 1.165) is 17.8 Å². The maximum absolute atomic E-state index is 11.8. The Hall–Kier alpha value is -1.65. The molecule has 1 atom stereocenters. The van der Waals surface area contributed by atoms with Crippen LogP contribution in [0.3, 0.4) is 0 Å². The Bertz CT molecular complexity index is 677. The molecule has 1 aromatic carbocycles. The van der Waals surface area contributed by atoms with Crippen molar-refractivity contribution >= 4 is 22.9 Å². The summed E-state index contributed by atoms with van der Waals surface area (Å²) in [5.74, 6) is 0.175. The van der Waals surface area contributed by atoms with Crippen LogP contribution in [0.15, 0.2) is 29.6 Å². The van der Waals surface area contributed by atoms with E-state index in [0.29, 0.717) is 6.42 Å². The van der Waals surface area contributed by atoms with Gasteiger partial charge in [0.15, 0.2) is 0 Å². The number of likely N-dealkylation sites (N-methyl/N-ethyl adjacent to an activating group) is 1. The summed E-state index contributed by atoms with van der Waals surface area (Å²) in [6.45, 7) is 5.19. The largest absolute Gasteiger partial charge is 0.315 e. The first-order valence-corrected chi connectivity index (χ1v) is 8.16. The second kappa shape index (κ2) is 5.62. The molecule has 1 aliphatic rings. The summed E-state index contributed by atoms with van der Waals surface area (Å²) in [6, 6.07) is 8.77. The maximum Gasteiger partial charge on any atom is 0.231 e. The van der Waals surface area contributed by atoms with Gasteiger partial charge < -0.3 is 10.2 Å². The summed E-state index contributed by atoms with van der Waals surface area (Å²) in [5.41, 5.74) is 4.74. The van der Waals surface area contributed by atoms with E-state index < -0.39 is 0 Å². The molecular weight excluding hydrogens is 280 g/mol. The average Bonchev–Trinajstić information content (AvgIpc) is 3.01. The number of fused-ring (bicyclic) bond motifs is 1. The highest BCUT2D eigenvalue weighted by molar-refractivity contribution is 7.10. The van der Waals surface area contributed by atoms with Crippen molar-refractivity contribution in [1.29, 1.82) is 0 Å². The van der Waals surface area contributed by atoms with Crippen LogP contribution in [-0.2, 0) is 11.2 Å². The van der Waals surface area contributed by atoms with Crippen LogP contribution in [0.1, 0.15) is 34.5 Å². The lowest BCUT2D eigenvalue weighted by Crippen LogP contribution is -2.22. The molecule has 1 aliphatic heterocycles. The average molecular weight is 300 g/mol. The van der Waals surface area contributed by atoms with E-state index in [-0.39, 0.29) is 11.9 Å². The molecule has 0 spiro atoms. The Kier molecular flexibility index (Phi) is 3.83. The quantitative estimate of drug-likeness (QED) is 0.940. The number of thiophene rings is 1. The Morgan fingerprint density at radius 1 is 1.38 bits per heavy atom. The fraction of sp³-hybridized carbons (Fsp3) is 0.353. The SMILES string of the molecule is CCNC(c1ccc2c(c1)CC(=O)N2C)c1sccc1C. The maximum atomic E-state index is 11.8. The molecular formula is C17H20N2OS. The van der Waals surface area contributed by atoms with Gasteiger partial charge >= 0.3 is 0 Å². The van der Waals surface area contributed by atoms with Crippen LogP contribution >= 0.6 is 11.3 Å². The molecule has 4 heteroatoms. The first-order chi connectivity index (χ1) is 10.1. The summed E-state index contributed by atoms with van der Waals surface area (Å²) >= 11 is 1.79. The Balaban J connectivity index is 2.00. The third kappa shape index (κ3) is 2.49. The van der Waals surface area contributed by atoms with Crippen molar-refractivity contribution < 1.29 is 4.79 Å². The number of hydrogen-bond donors (Lipinski definition) is 1. The van der Waals surface area contributed by atoms with Crippen molar-refractivity contribution in [3.8, 4) is 0 Å². The molecule has 0 aliphatic carbocycles. The van der Waals surface area contributed by atoms with Crippen LogP contribution < -0.4 is 10.2 Å². The van der Waals surface area contributed by atoms with Gasteiger partial charge in [0, 0.05) is 17.6 Å². The van der Waals surface area contributed by atoms with Gasteiger partial charge in [-0.1, -0.05) is 19.1 Å². The third-order valence-corrected chi connectivity index (χ3v) is 5.17. The van der Waals surface area contributed by atoms with E-state index in [1.54, 1.807) is 16.2 Å². The van der Waals surface area contributed by atoms with Crippen LogP contribution in [0.5, 0.6) is 0 Å². The summed E-state index contributed by atoms with van der Waals surface area (Å²) in [7, 11) is 1.85.